The van der Waals surface area contributed by atoms with E-state index in [1.54, 1.807) is 6.92 Å². The molecule has 0 aromatic rings. The Morgan fingerprint density at radius 2 is 2.10 bits per heavy atom. The number of hydrogen-bond acceptors (Lipinski definition) is 2. The third-order valence-electron chi connectivity index (χ3n) is 0.915. The van der Waals surface area contributed by atoms with E-state index in [1.807, 2.05) is 6.92 Å². The second-order valence-corrected chi connectivity index (χ2v) is 4.26. The van der Waals surface area contributed by atoms with Crippen molar-refractivity contribution in [3.8, 4) is 0 Å². The number of hydrogen-bond donors (Lipinski definition) is 0. The van der Waals surface area contributed by atoms with Crippen LogP contribution < -0.4 is 0 Å². The van der Waals surface area contributed by atoms with Crippen LogP contribution in [0.3, 0.4) is 0 Å². The van der Waals surface area contributed by atoms with Crippen molar-refractivity contribution in [2.45, 2.75) is 23.5 Å². The Morgan fingerprint density at radius 3 is 2.40 bits per heavy atom. The molecule has 0 saturated carbocycles. The van der Waals surface area contributed by atoms with Gasteiger partial charge in [0.2, 0.25) is 0 Å². The Hall–Kier alpha value is 0.430. The highest BCUT2D eigenvalue weighted by molar-refractivity contribution is 9.12. The van der Waals surface area contributed by atoms with E-state index in [9.17, 15) is 4.79 Å². The van der Waals surface area contributed by atoms with Gasteiger partial charge in [0.05, 0.1) is 6.61 Å². The zero-order chi connectivity index (χ0) is 8.15. The number of rotatable bonds is 3. The van der Waals surface area contributed by atoms with Gasteiger partial charge in [0, 0.05) is 4.83 Å². The molecule has 10 heavy (non-hydrogen) atoms. The van der Waals surface area contributed by atoms with Gasteiger partial charge in [0.1, 0.15) is 4.83 Å². The van der Waals surface area contributed by atoms with Crippen molar-refractivity contribution >= 4 is 37.8 Å². The van der Waals surface area contributed by atoms with E-state index >= 15 is 0 Å². The van der Waals surface area contributed by atoms with Gasteiger partial charge in [-0.1, -0.05) is 38.8 Å². The summed E-state index contributed by atoms with van der Waals surface area (Å²) in [5.74, 6) is -0.216. The molecule has 0 N–H and O–H groups in total. The van der Waals surface area contributed by atoms with Crippen molar-refractivity contribution in [2.75, 3.05) is 6.61 Å². The zero-order valence-electron chi connectivity index (χ0n) is 5.93. The van der Waals surface area contributed by atoms with Gasteiger partial charge < -0.3 is 4.74 Å². The molecule has 4 heteroatoms. The number of esters is 1. The molecule has 0 fully saturated rings. The lowest BCUT2D eigenvalue weighted by molar-refractivity contribution is -0.142. The van der Waals surface area contributed by atoms with Crippen LogP contribution in [-0.4, -0.2) is 22.2 Å². The van der Waals surface area contributed by atoms with Crippen LogP contribution >= 0.6 is 31.9 Å². The maximum absolute atomic E-state index is 10.9. The zero-order valence-corrected chi connectivity index (χ0v) is 9.11. The number of alkyl halides is 2. The van der Waals surface area contributed by atoms with E-state index in [4.69, 9.17) is 4.74 Å². The van der Waals surface area contributed by atoms with Crippen molar-refractivity contribution < 1.29 is 9.53 Å². The molecule has 2 atom stereocenters. The summed E-state index contributed by atoms with van der Waals surface area (Å²) < 4.78 is 4.75. The number of ether oxygens (including phenoxy) is 1. The Labute approximate surface area is 77.6 Å². The molecule has 60 valence electrons. The minimum atomic E-state index is -0.243. The van der Waals surface area contributed by atoms with E-state index in [2.05, 4.69) is 31.9 Å². The monoisotopic (exact) mass is 272 g/mol. The molecule has 0 spiro atoms. The summed E-state index contributed by atoms with van der Waals surface area (Å²) in [4.78, 5) is 10.7. The van der Waals surface area contributed by atoms with Crippen molar-refractivity contribution in [1.82, 2.24) is 0 Å². The van der Waals surface area contributed by atoms with E-state index in [1.165, 1.54) is 0 Å². The van der Waals surface area contributed by atoms with Gasteiger partial charge in [-0.05, 0) is 6.92 Å². The van der Waals surface area contributed by atoms with Crippen LogP contribution in [0.5, 0.6) is 0 Å². The second kappa shape index (κ2) is 5.13. The van der Waals surface area contributed by atoms with Crippen LogP contribution in [0.1, 0.15) is 13.8 Å². The molecule has 0 bridgehead atoms. The first-order valence-electron chi connectivity index (χ1n) is 3.04. The van der Waals surface area contributed by atoms with Crippen LogP contribution in [0.4, 0.5) is 0 Å². The van der Waals surface area contributed by atoms with Crippen molar-refractivity contribution in [3.05, 3.63) is 0 Å². The fourth-order valence-electron chi connectivity index (χ4n) is 0.409. The first kappa shape index (κ1) is 10.4. The molecule has 0 amide bonds. The first-order chi connectivity index (χ1) is 4.59. The normalized spacial score (nSPS) is 16.0. The summed E-state index contributed by atoms with van der Waals surface area (Å²) >= 11 is 6.45. The number of carbonyl (C=O) groups excluding carboxylic acids is 1. The standard InChI is InChI=1S/C6H10Br2O2/c1-3-10-6(9)5(8)4(2)7/h4-5H,3H2,1-2H3/t4-,5-/m1/s1. The van der Waals surface area contributed by atoms with Gasteiger partial charge in [-0.15, -0.1) is 0 Å². The van der Waals surface area contributed by atoms with E-state index in [0.717, 1.165) is 0 Å². The number of carbonyl (C=O) groups is 1. The summed E-state index contributed by atoms with van der Waals surface area (Å²) in [7, 11) is 0. The molecule has 0 aliphatic rings. The van der Waals surface area contributed by atoms with Gasteiger partial charge in [0.15, 0.2) is 0 Å². The highest BCUT2D eigenvalue weighted by atomic mass is 79.9. The first-order valence-corrected chi connectivity index (χ1v) is 4.87. The lowest BCUT2D eigenvalue weighted by Crippen LogP contribution is -2.24. The fourth-order valence-corrected chi connectivity index (χ4v) is 0.757. The maximum atomic E-state index is 10.9. The largest absolute Gasteiger partial charge is 0.465 e. The Bertz CT molecular complexity index is 114. The molecular formula is C6H10Br2O2. The summed E-state index contributed by atoms with van der Waals surface area (Å²) in [6.07, 6.45) is 0. The van der Waals surface area contributed by atoms with Crippen LogP contribution in [0.15, 0.2) is 0 Å². The maximum Gasteiger partial charge on any atom is 0.320 e. The molecule has 0 unspecified atom stereocenters. The molecule has 2 nitrogen and oxygen atoms in total. The minimum absolute atomic E-state index is 0.103. The minimum Gasteiger partial charge on any atom is -0.465 e. The molecular weight excluding hydrogens is 264 g/mol. The van der Waals surface area contributed by atoms with E-state index < -0.39 is 0 Å². The summed E-state index contributed by atoms with van der Waals surface area (Å²) in [6, 6.07) is 0. The van der Waals surface area contributed by atoms with Gasteiger partial charge >= 0.3 is 5.97 Å². The Morgan fingerprint density at radius 1 is 1.60 bits per heavy atom. The van der Waals surface area contributed by atoms with E-state index in [-0.39, 0.29) is 15.6 Å². The Kier molecular flexibility index (Phi) is 5.35. The molecule has 0 saturated heterocycles. The lowest BCUT2D eigenvalue weighted by atomic mass is 10.3. The topological polar surface area (TPSA) is 26.3 Å². The molecule has 0 rings (SSSR count). The average molecular weight is 274 g/mol. The van der Waals surface area contributed by atoms with E-state index in [0.29, 0.717) is 6.61 Å². The smallest absolute Gasteiger partial charge is 0.320 e. The predicted molar refractivity (Wildman–Crippen MR) is 47.7 cm³/mol. The number of halogens is 2. The van der Waals surface area contributed by atoms with Crippen LogP contribution in [-0.2, 0) is 9.53 Å². The average Bonchev–Trinajstić information content (AvgIpc) is 1.87. The van der Waals surface area contributed by atoms with Crippen molar-refractivity contribution in [2.24, 2.45) is 0 Å². The molecule has 0 aliphatic heterocycles. The molecule has 0 heterocycles. The van der Waals surface area contributed by atoms with Gasteiger partial charge in [0.25, 0.3) is 0 Å². The predicted octanol–water partition coefficient (Wildman–Crippen LogP) is 2.10. The Balaban J connectivity index is 3.71. The highest BCUT2D eigenvalue weighted by Gasteiger charge is 2.20. The SMILES string of the molecule is CCOC(=O)[C@H](Br)[C@@H](C)Br. The van der Waals surface area contributed by atoms with Gasteiger partial charge in [-0.3, -0.25) is 4.79 Å². The summed E-state index contributed by atoms with van der Waals surface area (Å²) in [5, 5.41) is 0. The lowest BCUT2D eigenvalue weighted by Gasteiger charge is -2.09. The molecule has 0 aromatic heterocycles. The molecule has 0 aromatic carbocycles. The molecule has 0 aliphatic carbocycles. The van der Waals surface area contributed by atoms with Crippen molar-refractivity contribution in [1.29, 1.82) is 0 Å². The van der Waals surface area contributed by atoms with Crippen LogP contribution in [0.2, 0.25) is 0 Å². The third-order valence-corrected chi connectivity index (χ3v) is 3.32. The van der Waals surface area contributed by atoms with Gasteiger partial charge in [-0.2, -0.15) is 0 Å². The van der Waals surface area contributed by atoms with Crippen LogP contribution in [0, 0.1) is 0 Å². The second-order valence-electron chi connectivity index (χ2n) is 1.83. The quantitative estimate of drug-likeness (QED) is 0.582. The summed E-state index contributed by atoms with van der Waals surface area (Å²) in [5.41, 5.74) is 0. The molecule has 0 radical (unpaired) electrons. The summed E-state index contributed by atoms with van der Waals surface area (Å²) in [6.45, 7) is 4.10. The highest BCUT2D eigenvalue weighted by Crippen LogP contribution is 2.14. The van der Waals surface area contributed by atoms with Crippen LogP contribution in [0.25, 0.3) is 0 Å². The van der Waals surface area contributed by atoms with Crippen molar-refractivity contribution in [3.63, 3.8) is 0 Å². The van der Waals surface area contributed by atoms with Gasteiger partial charge in [-0.25, -0.2) is 0 Å². The fraction of sp³-hybridized carbons (Fsp3) is 0.833. The third kappa shape index (κ3) is 3.56.